The Morgan fingerprint density at radius 2 is 1.96 bits per heavy atom. The predicted octanol–water partition coefficient (Wildman–Crippen LogP) is 3.61. The largest absolute Gasteiger partial charge is 0.394 e. The number of aromatic nitrogens is 3. The van der Waals surface area contributed by atoms with Crippen molar-refractivity contribution in [2.24, 2.45) is 0 Å². The zero-order chi connectivity index (χ0) is 20.5. The van der Waals surface area contributed by atoms with Crippen LogP contribution in [0.1, 0.15) is 39.3 Å². The van der Waals surface area contributed by atoms with Crippen molar-refractivity contribution in [2.75, 3.05) is 17.2 Å². The van der Waals surface area contributed by atoms with Crippen molar-refractivity contribution in [3.05, 3.63) is 52.6 Å². The highest BCUT2D eigenvalue weighted by Crippen LogP contribution is 2.26. The highest BCUT2D eigenvalue weighted by molar-refractivity contribution is 5.93. The number of hydrogen-bond donors (Lipinski definition) is 3. The van der Waals surface area contributed by atoms with Crippen LogP contribution in [0.15, 0.2) is 41.5 Å². The van der Waals surface area contributed by atoms with E-state index < -0.39 is 5.54 Å². The molecule has 0 atom stereocenters. The van der Waals surface area contributed by atoms with Crippen LogP contribution in [0.2, 0.25) is 0 Å². The molecule has 0 aliphatic rings. The fourth-order valence-corrected chi connectivity index (χ4v) is 2.94. The third-order valence-corrected chi connectivity index (χ3v) is 4.49. The maximum Gasteiger partial charge on any atom is 0.262 e. The molecule has 0 aromatic carbocycles. The number of aliphatic hydroxyl groups is 1. The van der Waals surface area contributed by atoms with Gasteiger partial charge in [0, 0.05) is 18.4 Å². The molecule has 0 amide bonds. The van der Waals surface area contributed by atoms with Gasteiger partial charge in [0.05, 0.1) is 17.5 Å². The van der Waals surface area contributed by atoms with Gasteiger partial charge in [-0.25, -0.2) is 9.97 Å². The van der Waals surface area contributed by atoms with Crippen LogP contribution in [-0.4, -0.2) is 31.8 Å². The first-order chi connectivity index (χ1) is 13.2. The molecule has 0 saturated heterocycles. The van der Waals surface area contributed by atoms with Gasteiger partial charge in [0.1, 0.15) is 17.5 Å². The summed E-state index contributed by atoms with van der Waals surface area (Å²) in [5.41, 5.74) is 0.333. The van der Waals surface area contributed by atoms with Gasteiger partial charge in [-0.05, 0) is 69.8 Å². The Balaban J connectivity index is 2.17. The van der Waals surface area contributed by atoms with Gasteiger partial charge in [-0.15, -0.1) is 0 Å². The molecule has 0 spiro atoms. The molecule has 148 valence electrons. The van der Waals surface area contributed by atoms with Crippen molar-refractivity contribution in [3.63, 3.8) is 0 Å². The summed E-state index contributed by atoms with van der Waals surface area (Å²) in [4.78, 5) is 22.0. The van der Waals surface area contributed by atoms with Gasteiger partial charge in [-0.1, -0.05) is 0 Å². The number of hydrogen-bond acceptors (Lipinski definition) is 6. The fraction of sp³-hybridized carbons (Fsp3) is 0.381. The van der Waals surface area contributed by atoms with E-state index in [2.05, 4.69) is 20.6 Å². The van der Waals surface area contributed by atoms with Gasteiger partial charge in [0.25, 0.3) is 5.56 Å². The molecule has 0 saturated carbocycles. The van der Waals surface area contributed by atoms with E-state index in [0.717, 1.165) is 10.9 Å². The molecule has 28 heavy (non-hydrogen) atoms. The monoisotopic (exact) mass is 381 g/mol. The average molecular weight is 381 g/mol. The first-order valence-corrected chi connectivity index (χ1v) is 9.35. The second-order valence-corrected chi connectivity index (χ2v) is 7.95. The van der Waals surface area contributed by atoms with E-state index in [1.807, 2.05) is 58.9 Å². The Hall–Kier alpha value is -2.93. The second kappa shape index (κ2) is 7.59. The van der Waals surface area contributed by atoms with Gasteiger partial charge < -0.3 is 20.3 Å². The molecule has 0 fully saturated rings. The molecule has 3 heterocycles. The van der Waals surface area contributed by atoms with Gasteiger partial charge in [0.15, 0.2) is 0 Å². The maximum absolute atomic E-state index is 13.1. The number of nitrogens with one attached hydrogen (secondary N) is 2. The summed E-state index contributed by atoms with van der Waals surface area (Å²) in [6, 6.07) is 7.62. The molecule has 7 nitrogen and oxygen atoms in total. The molecular weight excluding hydrogens is 354 g/mol. The summed E-state index contributed by atoms with van der Waals surface area (Å²) in [5, 5.41) is 17.4. The van der Waals surface area contributed by atoms with Crippen molar-refractivity contribution in [3.8, 4) is 0 Å². The molecule has 3 aromatic rings. The minimum Gasteiger partial charge on any atom is -0.394 e. The lowest BCUT2D eigenvalue weighted by atomic mass is 10.1. The van der Waals surface area contributed by atoms with Crippen LogP contribution in [0, 0.1) is 6.92 Å². The summed E-state index contributed by atoms with van der Waals surface area (Å²) in [7, 11) is 0. The van der Waals surface area contributed by atoms with E-state index in [1.165, 1.54) is 0 Å². The Labute approximate surface area is 164 Å². The summed E-state index contributed by atoms with van der Waals surface area (Å²) in [6.07, 6.45) is 3.53. The predicted molar refractivity (Wildman–Crippen MR) is 113 cm³/mol. The lowest BCUT2D eigenvalue weighted by Crippen LogP contribution is -2.36. The topological polar surface area (TPSA) is 92.1 Å². The lowest BCUT2D eigenvalue weighted by molar-refractivity contribution is 0.234. The third kappa shape index (κ3) is 4.14. The summed E-state index contributed by atoms with van der Waals surface area (Å²) in [5.74, 6) is 1.69. The van der Waals surface area contributed by atoms with Crippen molar-refractivity contribution in [1.29, 1.82) is 0 Å². The summed E-state index contributed by atoms with van der Waals surface area (Å²) >= 11 is 0. The Morgan fingerprint density at radius 3 is 2.61 bits per heavy atom. The van der Waals surface area contributed by atoms with E-state index in [-0.39, 0.29) is 18.2 Å². The molecule has 0 aliphatic heterocycles. The third-order valence-electron chi connectivity index (χ3n) is 4.49. The molecule has 0 unspecified atom stereocenters. The number of aryl methyl sites for hydroxylation is 1. The Morgan fingerprint density at radius 1 is 1.21 bits per heavy atom. The lowest BCUT2D eigenvalue weighted by Gasteiger charge is -2.25. The van der Waals surface area contributed by atoms with Crippen molar-refractivity contribution in [1.82, 2.24) is 14.5 Å². The first kappa shape index (κ1) is 19.8. The van der Waals surface area contributed by atoms with Crippen LogP contribution in [0.5, 0.6) is 0 Å². The fourth-order valence-electron chi connectivity index (χ4n) is 2.94. The van der Waals surface area contributed by atoms with E-state index in [0.29, 0.717) is 22.8 Å². The van der Waals surface area contributed by atoms with E-state index in [9.17, 15) is 9.90 Å². The molecule has 7 heteroatoms. The number of rotatable bonds is 6. The molecule has 3 rings (SSSR count). The minimum atomic E-state index is -0.634. The van der Waals surface area contributed by atoms with Crippen LogP contribution in [0.3, 0.4) is 0 Å². The second-order valence-electron chi connectivity index (χ2n) is 7.95. The van der Waals surface area contributed by atoms with E-state index in [4.69, 9.17) is 0 Å². The average Bonchev–Trinajstić information content (AvgIpc) is 2.61. The highest BCUT2D eigenvalue weighted by Gasteiger charge is 2.21. The zero-order valence-electron chi connectivity index (χ0n) is 16.9. The minimum absolute atomic E-state index is 0.0323. The van der Waals surface area contributed by atoms with Crippen LogP contribution < -0.4 is 16.2 Å². The maximum atomic E-state index is 13.1. The van der Waals surface area contributed by atoms with E-state index >= 15 is 0 Å². The summed E-state index contributed by atoms with van der Waals surface area (Å²) < 4.78 is 1.68. The van der Waals surface area contributed by atoms with Gasteiger partial charge in [-0.2, -0.15) is 0 Å². The van der Waals surface area contributed by atoms with Crippen LogP contribution in [-0.2, 0) is 0 Å². The van der Waals surface area contributed by atoms with Crippen molar-refractivity contribution in [2.45, 2.75) is 46.2 Å². The number of aliphatic hydroxyl groups excluding tert-OH is 1. The molecule has 0 radical (unpaired) electrons. The quantitative estimate of drug-likeness (QED) is 0.604. The van der Waals surface area contributed by atoms with Crippen LogP contribution in [0.4, 0.5) is 17.5 Å². The number of pyridine rings is 3. The molecule has 0 aliphatic carbocycles. The Kier molecular flexibility index (Phi) is 5.38. The molecule has 3 N–H and O–H groups in total. The molecule has 0 bridgehead atoms. The zero-order valence-corrected chi connectivity index (χ0v) is 16.9. The normalized spacial score (nSPS) is 11.8. The number of fused-ring (bicyclic) bond motifs is 1. The standard InChI is InChI=1S/C21H27N5O2/c1-13(2)26-9-7-15-11-17(23-16-10-14(3)6-8-22-16)24-19(18(15)20(26)28)25-21(4,5)12-27/h6-11,13,27H,12H2,1-5H3,(H2,22,23,24,25). The summed E-state index contributed by atoms with van der Waals surface area (Å²) in [6.45, 7) is 9.53. The smallest absolute Gasteiger partial charge is 0.262 e. The van der Waals surface area contributed by atoms with Crippen LogP contribution in [0.25, 0.3) is 10.8 Å². The van der Waals surface area contributed by atoms with Gasteiger partial charge in [-0.3, -0.25) is 4.79 Å². The van der Waals surface area contributed by atoms with Gasteiger partial charge in [0.2, 0.25) is 0 Å². The van der Waals surface area contributed by atoms with Crippen molar-refractivity contribution >= 4 is 28.2 Å². The SMILES string of the molecule is Cc1ccnc(Nc2cc3ccn(C(C)C)c(=O)c3c(NC(C)(C)CO)n2)c1. The molecule has 3 aromatic heterocycles. The Bertz CT molecular complexity index is 1060. The number of anilines is 3. The van der Waals surface area contributed by atoms with Gasteiger partial charge >= 0.3 is 0 Å². The first-order valence-electron chi connectivity index (χ1n) is 9.35. The number of nitrogens with zero attached hydrogens (tertiary/aromatic N) is 3. The molecular formula is C21H27N5O2. The van der Waals surface area contributed by atoms with Crippen LogP contribution >= 0.6 is 0 Å². The highest BCUT2D eigenvalue weighted by atomic mass is 16.3. The van der Waals surface area contributed by atoms with Crippen molar-refractivity contribution < 1.29 is 5.11 Å². The van der Waals surface area contributed by atoms with E-state index in [1.54, 1.807) is 17.0 Å².